The van der Waals surface area contributed by atoms with E-state index in [1.807, 2.05) is 0 Å². The number of benzene rings is 1. The van der Waals surface area contributed by atoms with Gasteiger partial charge in [0, 0.05) is 30.1 Å². The molecule has 0 saturated carbocycles. The molecule has 1 unspecified atom stereocenters. The van der Waals surface area contributed by atoms with Gasteiger partial charge in [0.25, 0.3) is 0 Å². The lowest BCUT2D eigenvalue weighted by molar-refractivity contribution is -0.158. The Balaban J connectivity index is 2.12. The van der Waals surface area contributed by atoms with Crippen molar-refractivity contribution in [3.63, 3.8) is 0 Å². The zero-order chi connectivity index (χ0) is 21.1. The number of hydrogen-bond donors (Lipinski definition) is 2. The van der Waals surface area contributed by atoms with Crippen LogP contribution in [0.25, 0.3) is 0 Å². The molecule has 1 heterocycles. The molecular formula is C18H23F3N4O3. The van der Waals surface area contributed by atoms with Crippen molar-refractivity contribution in [2.24, 2.45) is 7.05 Å². The molecule has 0 aliphatic rings. The van der Waals surface area contributed by atoms with E-state index in [1.54, 1.807) is 26.1 Å². The van der Waals surface area contributed by atoms with Crippen LogP contribution in [0, 0.1) is 13.8 Å². The number of aryl methyl sites for hydroxylation is 2. The van der Waals surface area contributed by atoms with E-state index >= 15 is 0 Å². The van der Waals surface area contributed by atoms with Crippen molar-refractivity contribution >= 4 is 11.6 Å². The smallest absolute Gasteiger partial charge is 0.408 e. The summed E-state index contributed by atoms with van der Waals surface area (Å²) in [5.74, 6) is 0.238. The molecule has 0 aliphatic carbocycles. The SMILES string of the molecule is COc1ccc(NC(=O)CNC(c2c(C)nn(C)c2C)C(F)(F)F)cc1OC. The summed E-state index contributed by atoms with van der Waals surface area (Å²) in [6.45, 7) is 2.53. The molecule has 154 valence electrons. The van der Waals surface area contributed by atoms with E-state index in [2.05, 4.69) is 15.7 Å². The molecular weight excluding hydrogens is 377 g/mol. The van der Waals surface area contributed by atoms with Crippen molar-refractivity contribution in [1.82, 2.24) is 15.1 Å². The van der Waals surface area contributed by atoms with Gasteiger partial charge in [-0.15, -0.1) is 0 Å². The van der Waals surface area contributed by atoms with Crippen LogP contribution in [0.5, 0.6) is 11.5 Å². The summed E-state index contributed by atoms with van der Waals surface area (Å²) < 4.78 is 52.3. The van der Waals surface area contributed by atoms with E-state index in [-0.39, 0.29) is 11.3 Å². The summed E-state index contributed by atoms with van der Waals surface area (Å²) in [4.78, 5) is 12.2. The van der Waals surface area contributed by atoms with Crippen LogP contribution in [0.15, 0.2) is 18.2 Å². The van der Waals surface area contributed by atoms with E-state index in [0.717, 1.165) is 0 Å². The Morgan fingerprint density at radius 1 is 1.21 bits per heavy atom. The third-order valence-corrected chi connectivity index (χ3v) is 4.32. The molecule has 2 aromatic rings. The number of carbonyl (C=O) groups is 1. The molecule has 28 heavy (non-hydrogen) atoms. The van der Waals surface area contributed by atoms with Crippen molar-refractivity contribution in [3.8, 4) is 11.5 Å². The fourth-order valence-electron chi connectivity index (χ4n) is 2.90. The highest BCUT2D eigenvalue weighted by Gasteiger charge is 2.43. The predicted molar refractivity (Wildman–Crippen MR) is 97.7 cm³/mol. The van der Waals surface area contributed by atoms with Gasteiger partial charge < -0.3 is 14.8 Å². The molecule has 0 saturated heterocycles. The Bertz CT molecular complexity index is 849. The first-order chi connectivity index (χ1) is 13.1. The second-order valence-corrected chi connectivity index (χ2v) is 6.18. The molecule has 0 fully saturated rings. The second kappa shape index (κ2) is 8.51. The van der Waals surface area contributed by atoms with E-state index in [4.69, 9.17) is 9.47 Å². The second-order valence-electron chi connectivity index (χ2n) is 6.18. The normalized spacial score (nSPS) is 12.6. The van der Waals surface area contributed by atoms with E-state index < -0.39 is 24.7 Å². The third kappa shape index (κ3) is 4.75. The van der Waals surface area contributed by atoms with E-state index in [9.17, 15) is 18.0 Å². The largest absolute Gasteiger partial charge is 0.493 e. The molecule has 2 rings (SSSR count). The summed E-state index contributed by atoms with van der Waals surface area (Å²) >= 11 is 0. The maximum atomic E-state index is 13.6. The number of alkyl halides is 3. The van der Waals surface area contributed by atoms with Gasteiger partial charge in [-0.25, -0.2) is 0 Å². The number of anilines is 1. The van der Waals surface area contributed by atoms with Crippen LogP contribution in [0.4, 0.5) is 18.9 Å². The number of aromatic nitrogens is 2. The number of halogens is 3. The number of methoxy groups -OCH3 is 2. The topological polar surface area (TPSA) is 77.4 Å². The van der Waals surface area contributed by atoms with Gasteiger partial charge >= 0.3 is 6.18 Å². The summed E-state index contributed by atoms with van der Waals surface area (Å²) in [7, 11) is 4.49. The maximum Gasteiger partial charge on any atom is 0.408 e. The number of hydrogen-bond acceptors (Lipinski definition) is 5. The number of nitrogens with one attached hydrogen (secondary N) is 2. The highest BCUT2D eigenvalue weighted by atomic mass is 19.4. The van der Waals surface area contributed by atoms with Gasteiger partial charge in [-0.05, 0) is 26.0 Å². The Morgan fingerprint density at radius 2 is 1.86 bits per heavy atom. The lowest BCUT2D eigenvalue weighted by Crippen LogP contribution is -2.39. The lowest BCUT2D eigenvalue weighted by Gasteiger charge is -2.22. The van der Waals surface area contributed by atoms with Gasteiger partial charge in [0.15, 0.2) is 11.5 Å². The Morgan fingerprint density at radius 3 is 2.36 bits per heavy atom. The van der Waals surface area contributed by atoms with Crippen LogP contribution in [0.2, 0.25) is 0 Å². The Labute approximate surface area is 160 Å². The fourth-order valence-corrected chi connectivity index (χ4v) is 2.90. The summed E-state index contributed by atoms with van der Waals surface area (Å²) in [5, 5.41) is 8.86. The van der Waals surface area contributed by atoms with E-state index in [0.29, 0.717) is 22.9 Å². The monoisotopic (exact) mass is 400 g/mol. The molecule has 1 aromatic carbocycles. The number of carbonyl (C=O) groups excluding carboxylic acids is 1. The molecule has 1 atom stereocenters. The fraction of sp³-hybridized carbons (Fsp3) is 0.444. The van der Waals surface area contributed by atoms with Crippen molar-refractivity contribution in [2.45, 2.75) is 26.1 Å². The zero-order valence-corrected chi connectivity index (χ0v) is 16.3. The van der Waals surface area contributed by atoms with Gasteiger partial charge in [0.2, 0.25) is 5.91 Å². The molecule has 10 heteroatoms. The molecule has 0 bridgehead atoms. The minimum absolute atomic E-state index is 0.0221. The summed E-state index contributed by atoms with van der Waals surface area (Å²) in [5.41, 5.74) is 1.04. The van der Waals surface area contributed by atoms with Gasteiger partial charge in [-0.1, -0.05) is 0 Å². The molecule has 7 nitrogen and oxygen atoms in total. The first kappa shape index (κ1) is 21.5. The van der Waals surface area contributed by atoms with Crippen molar-refractivity contribution in [2.75, 3.05) is 26.1 Å². The van der Waals surface area contributed by atoms with Crippen LogP contribution in [-0.4, -0.2) is 42.6 Å². The minimum Gasteiger partial charge on any atom is -0.493 e. The highest BCUT2D eigenvalue weighted by Crippen LogP contribution is 2.35. The average Bonchev–Trinajstić information content (AvgIpc) is 2.86. The number of amides is 1. The van der Waals surface area contributed by atoms with Gasteiger partial charge in [0.1, 0.15) is 6.04 Å². The van der Waals surface area contributed by atoms with Crippen LogP contribution < -0.4 is 20.1 Å². The quantitative estimate of drug-likeness (QED) is 0.747. The van der Waals surface area contributed by atoms with Crippen LogP contribution >= 0.6 is 0 Å². The van der Waals surface area contributed by atoms with Crippen molar-refractivity contribution < 1.29 is 27.4 Å². The number of rotatable bonds is 7. The Hall–Kier alpha value is -2.75. The molecule has 1 amide bonds. The third-order valence-electron chi connectivity index (χ3n) is 4.32. The maximum absolute atomic E-state index is 13.6. The number of ether oxygens (including phenoxy) is 2. The van der Waals surface area contributed by atoms with Gasteiger partial charge in [-0.2, -0.15) is 18.3 Å². The summed E-state index contributed by atoms with van der Waals surface area (Å²) in [6.07, 6.45) is -4.58. The van der Waals surface area contributed by atoms with Crippen LogP contribution in [0.1, 0.15) is 23.0 Å². The molecule has 0 aliphatic heterocycles. The van der Waals surface area contributed by atoms with Gasteiger partial charge in [-0.3, -0.25) is 14.8 Å². The first-order valence-corrected chi connectivity index (χ1v) is 8.40. The summed E-state index contributed by atoms with van der Waals surface area (Å²) in [6, 6.07) is 2.67. The first-order valence-electron chi connectivity index (χ1n) is 8.40. The average molecular weight is 400 g/mol. The van der Waals surface area contributed by atoms with Crippen LogP contribution in [0.3, 0.4) is 0 Å². The zero-order valence-electron chi connectivity index (χ0n) is 16.3. The van der Waals surface area contributed by atoms with Crippen molar-refractivity contribution in [3.05, 3.63) is 35.2 Å². The van der Waals surface area contributed by atoms with Gasteiger partial charge in [0.05, 0.1) is 26.5 Å². The molecule has 2 N–H and O–H groups in total. The van der Waals surface area contributed by atoms with Crippen molar-refractivity contribution in [1.29, 1.82) is 0 Å². The standard InChI is InChI=1S/C18H23F3N4O3/c1-10-16(11(2)25(3)24-10)17(18(19,20)21)22-9-15(26)23-12-6-7-13(27-4)14(8-12)28-5/h6-8,17,22H,9H2,1-5H3,(H,23,26). The molecule has 0 spiro atoms. The lowest BCUT2D eigenvalue weighted by atomic mass is 10.0. The van der Waals surface area contributed by atoms with E-state index in [1.165, 1.54) is 31.9 Å². The molecule has 1 aromatic heterocycles. The van der Waals surface area contributed by atoms with Crippen LogP contribution in [-0.2, 0) is 11.8 Å². The number of nitrogens with zero attached hydrogens (tertiary/aromatic N) is 2. The predicted octanol–water partition coefficient (Wildman–Crippen LogP) is 2.89. The Kier molecular flexibility index (Phi) is 6.55. The highest BCUT2D eigenvalue weighted by molar-refractivity contribution is 5.92. The minimum atomic E-state index is -4.58. The molecule has 0 radical (unpaired) electrons.